The fraction of sp³-hybridized carbons (Fsp3) is 0.190. The summed E-state index contributed by atoms with van der Waals surface area (Å²) in [6.07, 6.45) is -5.16. The Hall–Kier alpha value is -3.43. The van der Waals surface area contributed by atoms with Crippen molar-refractivity contribution in [2.24, 2.45) is 4.99 Å². The number of thioether (sulfide) groups is 1. The number of nitrogens with zero attached hydrogens (tertiary/aromatic N) is 4. The normalized spacial score (nSPS) is 16.3. The molecule has 1 unspecified atom stereocenters. The number of hydrogen-bond donors (Lipinski definition) is 3. The highest BCUT2D eigenvalue weighted by molar-refractivity contribution is 8.00. The van der Waals surface area contributed by atoms with Crippen molar-refractivity contribution in [2.45, 2.75) is 23.0 Å². The van der Waals surface area contributed by atoms with Crippen LogP contribution in [0.4, 0.5) is 37.8 Å². The Labute approximate surface area is 214 Å². The van der Waals surface area contributed by atoms with E-state index in [2.05, 4.69) is 25.7 Å². The molecule has 4 rings (SSSR count). The van der Waals surface area contributed by atoms with Crippen LogP contribution in [0.1, 0.15) is 17.3 Å². The molecule has 0 bridgehead atoms. The highest BCUT2D eigenvalue weighted by atomic mass is 35.5. The van der Waals surface area contributed by atoms with Crippen LogP contribution in [-0.2, 0) is 6.18 Å². The van der Waals surface area contributed by atoms with Gasteiger partial charge in [-0.25, -0.2) is 9.98 Å². The van der Waals surface area contributed by atoms with Crippen LogP contribution in [-0.4, -0.2) is 33.5 Å². The number of guanidine groups is 1. The molecule has 2 aromatic carbocycles. The summed E-state index contributed by atoms with van der Waals surface area (Å²) in [6.45, 7) is 0. The smallest absolute Gasteiger partial charge is 0.439 e. The second-order valence-electron chi connectivity index (χ2n) is 7.52. The largest absolute Gasteiger partial charge is 0.449 e. The molecule has 3 aromatic rings. The summed E-state index contributed by atoms with van der Waals surface area (Å²) < 4.78 is 82.7. The summed E-state index contributed by atoms with van der Waals surface area (Å²) in [5.41, 5.74) is 3.71. The van der Waals surface area contributed by atoms with Gasteiger partial charge in [-0.3, -0.25) is 5.43 Å². The quantitative estimate of drug-likeness (QED) is 0.196. The molecule has 0 amide bonds. The number of nitrogens with one attached hydrogen (secondary N) is 2. The molecule has 0 saturated carbocycles. The van der Waals surface area contributed by atoms with Gasteiger partial charge in [-0.05, 0) is 35.9 Å². The first-order chi connectivity index (χ1) is 17.3. The summed E-state index contributed by atoms with van der Waals surface area (Å²) in [4.78, 5) is 11.7. The second kappa shape index (κ2) is 10.1. The summed E-state index contributed by atoms with van der Waals surface area (Å²) >= 11 is 5.14. The third kappa shape index (κ3) is 6.87. The van der Waals surface area contributed by atoms with Gasteiger partial charge in [0.15, 0.2) is 0 Å². The van der Waals surface area contributed by atoms with Crippen LogP contribution >= 0.6 is 23.4 Å². The molecule has 8 nitrogen and oxygen atoms in total. The Morgan fingerprint density at radius 3 is 2.41 bits per heavy atom. The van der Waals surface area contributed by atoms with Crippen LogP contribution in [0, 0.1) is 0 Å². The van der Waals surface area contributed by atoms with Gasteiger partial charge < -0.3 is 15.8 Å². The van der Waals surface area contributed by atoms with E-state index in [9.17, 15) is 26.3 Å². The van der Waals surface area contributed by atoms with Gasteiger partial charge in [0.1, 0.15) is 17.7 Å². The standard InChI is InChI=1S/C21H16ClF6N7OS/c1-35-17(33-18(34-35)30-11-4-7-14(22)13(8-11)20(23,24)25)10-2-5-12(6-3-10)36-16-9-15(29)31-19(32-16)37-21(26,27)28/h2-9,17H,1H3,(H2,29,31,32)(H2,30,33,34). The van der Waals surface area contributed by atoms with Crippen LogP contribution in [0.2, 0.25) is 5.02 Å². The van der Waals surface area contributed by atoms with Gasteiger partial charge in [0.25, 0.3) is 0 Å². The number of hydrazine groups is 1. The van der Waals surface area contributed by atoms with E-state index in [1.807, 2.05) is 0 Å². The lowest BCUT2D eigenvalue weighted by atomic mass is 10.1. The lowest BCUT2D eigenvalue weighted by Crippen LogP contribution is -2.37. The molecular formula is C21H16ClF6N7OS. The number of halogens is 7. The van der Waals surface area contributed by atoms with Crippen LogP contribution < -0.4 is 21.2 Å². The van der Waals surface area contributed by atoms with E-state index in [4.69, 9.17) is 22.1 Å². The van der Waals surface area contributed by atoms with Crippen molar-refractivity contribution in [3.05, 3.63) is 64.7 Å². The molecule has 196 valence electrons. The summed E-state index contributed by atoms with van der Waals surface area (Å²) in [5, 5.41) is 3.38. The van der Waals surface area contributed by atoms with Crippen molar-refractivity contribution in [3.8, 4) is 11.6 Å². The van der Waals surface area contributed by atoms with Gasteiger partial charge in [0.05, 0.1) is 10.6 Å². The first-order valence-corrected chi connectivity index (χ1v) is 11.4. The Morgan fingerprint density at radius 2 is 1.76 bits per heavy atom. The second-order valence-corrected chi connectivity index (χ2v) is 8.96. The monoisotopic (exact) mass is 563 g/mol. The van der Waals surface area contributed by atoms with E-state index in [0.29, 0.717) is 5.56 Å². The average Bonchev–Trinajstić information content (AvgIpc) is 3.13. The third-order valence-corrected chi connectivity index (χ3v) is 5.67. The number of anilines is 2. The zero-order valence-electron chi connectivity index (χ0n) is 18.5. The SMILES string of the molecule is CN1NC(Nc2ccc(Cl)c(C(F)(F)F)c2)=NC1c1ccc(Oc2cc(N)nc(SC(F)(F)F)n2)cc1. The van der Waals surface area contributed by atoms with Crippen LogP contribution in [0.3, 0.4) is 0 Å². The van der Waals surface area contributed by atoms with Crippen LogP contribution in [0.5, 0.6) is 11.6 Å². The molecule has 0 radical (unpaired) electrons. The van der Waals surface area contributed by atoms with Crippen LogP contribution in [0.25, 0.3) is 0 Å². The lowest BCUT2D eigenvalue weighted by Gasteiger charge is -2.18. The van der Waals surface area contributed by atoms with Gasteiger partial charge >= 0.3 is 11.7 Å². The van der Waals surface area contributed by atoms with Crippen molar-refractivity contribution in [2.75, 3.05) is 18.1 Å². The molecule has 0 spiro atoms. The van der Waals surface area contributed by atoms with E-state index in [1.54, 1.807) is 36.3 Å². The summed E-state index contributed by atoms with van der Waals surface area (Å²) in [5.74, 6) is 0.109. The van der Waals surface area contributed by atoms with E-state index in [-0.39, 0.29) is 29.1 Å². The van der Waals surface area contributed by atoms with Gasteiger partial charge in [-0.1, -0.05) is 23.7 Å². The Morgan fingerprint density at radius 1 is 1.05 bits per heavy atom. The number of nitrogens with two attached hydrogens (primary N) is 1. The molecule has 1 aliphatic heterocycles. The molecule has 16 heteroatoms. The average molecular weight is 564 g/mol. The third-order valence-electron chi connectivity index (χ3n) is 4.74. The molecule has 0 aliphatic carbocycles. The van der Waals surface area contributed by atoms with Gasteiger partial charge in [0, 0.05) is 30.6 Å². The number of aromatic nitrogens is 2. The fourth-order valence-corrected chi connectivity index (χ4v) is 3.95. The zero-order chi connectivity index (χ0) is 27.0. The first kappa shape index (κ1) is 26.6. The molecule has 0 fully saturated rings. The number of nitrogen functional groups attached to an aromatic ring is 1. The fourth-order valence-electron chi connectivity index (χ4n) is 3.23. The Kier molecular flexibility index (Phi) is 7.30. The molecule has 1 atom stereocenters. The summed E-state index contributed by atoms with van der Waals surface area (Å²) in [6, 6.07) is 11.0. The van der Waals surface area contributed by atoms with Crippen LogP contribution in [0.15, 0.2) is 58.7 Å². The maximum atomic E-state index is 13.1. The maximum absolute atomic E-state index is 13.1. The highest BCUT2D eigenvalue weighted by Crippen LogP contribution is 2.37. The molecule has 1 aromatic heterocycles. The number of alkyl halides is 6. The first-order valence-electron chi connectivity index (χ1n) is 10.2. The van der Waals surface area contributed by atoms with Gasteiger partial charge in [0.2, 0.25) is 17.0 Å². The minimum atomic E-state index is -4.61. The summed E-state index contributed by atoms with van der Waals surface area (Å²) in [7, 11) is 1.68. The van der Waals surface area contributed by atoms with E-state index >= 15 is 0 Å². The molecular weight excluding hydrogens is 548 g/mol. The van der Waals surface area contributed by atoms with Crippen molar-refractivity contribution >= 4 is 40.8 Å². The van der Waals surface area contributed by atoms with Crippen molar-refractivity contribution in [1.29, 1.82) is 0 Å². The predicted octanol–water partition coefficient (Wildman–Crippen LogP) is 6.05. The van der Waals surface area contributed by atoms with E-state index < -0.39 is 45.4 Å². The zero-order valence-corrected chi connectivity index (χ0v) is 20.1. The molecule has 4 N–H and O–H groups in total. The molecule has 1 aliphatic rings. The topological polar surface area (TPSA) is 101 Å². The minimum Gasteiger partial charge on any atom is -0.439 e. The lowest BCUT2D eigenvalue weighted by molar-refractivity contribution is -0.137. The highest BCUT2D eigenvalue weighted by Gasteiger charge is 2.34. The molecule has 37 heavy (non-hydrogen) atoms. The van der Waals surface area contributed by atoms with E-state index in [0.717, 1.165) is 12.1 Å². The van der Waals surface area contributed by atoms with E-state index in [1.165, 1.54) is 12.1 Å². The predicted molar refractivity (Wildman–Crippen MR) is 126 cm³/mol. The van der Waals surface area contributed by atoms with Gasteiger partial charge in [-0.2, -0.15) is 36.3 Å². The number of benzene rings is 2. The number of aliphatic imine (C=N–C) groups is 1. The van der Waals surface area contributed by atoms with Crippen molar-refractivity contribution in [1.82, 2.24) is 20.4 Å². The number of rotatable bonds is 5. The Balaban J connectivity index is 1.46. The van der Waals surface area contributed by atoms with Crippen molar-refractivity contribution in [3.63, 3.8) is 0 Å². The molecule has 2 heterocycles. The molecule has 0 saturated heterocycles. The Bertz CT molecular complexity index is 1320. The number of ether oxygens (including phenoxy) is 1. The minimum absolute atomic E-state index is 0.132. The van der Waals surface area contributed by atoms with Crippen molar-refractivity contribution < 1.29 is 31.1 Å². The maximum Gasteiger partial charge on any atom is 0.449 e. The number of hydrogen-bond acceptors (Lipinski definition) is 9. The van der Waals surface area contributed by atoms with Gasteiger partial charge in [-0.15, -0.1) is 0 Å².